The van der Waals surface area contributed by atoms with Crippen LogP contribution in [0.25, 0.3) is 0 Å². The molecule has 2 heterocycles. The summed E-state index contributed by atoms with van der Waals surface area (Å²) in [5.74, 6) is -0.319. The van der Waals surface area contributed by atoms with Crippen molar-refractivity contribution >= 4 is 5.91 Å². The van der Waals surface area contributed by atoms with Gasteiger partial charge in [-0.1, -0.05) is 0 Å². The molecule has 7 heteroatoms. The number of pyridine rings is 1. The minimum Gasteiger partial charge on any atom is -0.380 e. The molecule has 0 aliphatic carbocycles. The number of ether oxygens (including phenoxy) is 1. The first-order valence-corrected chi connectivity index (χ1v) is 5.77. The Hall–Kier alpha value is -1.63. The molecule has 1 amide bonds. The zero-order valence-electron chi connectivity index (χ0n) is 10.3. The van der Waals surface area contributed by atoms with E-state index in [2.05, 4.69) is 4.98 Å². The number of halogens is 3. The van der Waals surface area contributed by atoms with E-state index in [9.17, 15) is 18.0 Å². The van der Waals surface area contributed by atoms with Gasteiger partial charge in [0.2, 0.25) is 0 Å². The lowest BCUT2D eigenvalue weighted by Crippen LogP contribution is -2.30. The first-order chi connectivity index (χ1) is 8.91. The number of rotatable bonds is 2. The van der Waals surface area contributed by atoms with Crippen molar-refractivity contribution < 1.29 is 22.7 Å². The fourth-order valence-electron chi connectivity index (χ4n) is 1.98. The molecule has 1 atom stereocenters. The van der Waals surface area contributed by atoms with Crippen LogP contribution in [-0.4, -0.2) is 42.1 Å². The Labute approximate surface area is 108 Å². The van der Waals surface area contributed by atoms with E-state index in [1.165, 1.54) is 0 Å². The quantitative estimate of drug-likeness (QED) is 0.828. The van der Waals surface area contributed by atoms with Crippen LogP contribution < -0.4 is 0 Å². The second-order valence-electron chi connectivity index (χ2n) is 4.33. The van der Waals surface area contributed by atoms with Crippen LogP contribution >= 0.6 is 0 Å². The van der Waals surface area contributed by atoms with Gasteiger partial charge in [-0.2, -0.15) is 13.2 Å². The molecule has 0 spiro atoms. The SMILES string of the molecule is CO[C@H]1CCN(C(=O)c2ccc(C(F)(F)F)nc2)C1. The van der Waals surface area contributed by atoms with Crippen LogP contribution in [0.1, 0.15) is 22.5 Å². The Bertz CT molecular complexity index is 459. The van der Waals surface area contributed by atoms with E-state index in [0.29, 0.717) is 13.1 Å². The van der Waals surface area contributed by atoms with E-state index < -0.39 is 11.9 Å². The van der Waals surface area contributed by atoms with Crippen molar-refractivity contribution in [3.05, 3.63) is 29.6 Å². The number of aromatic nitrogens is 1. The van der Waals surface area contributed by atoms with Gasteiger partial charge in [0.05, 0.1) is 11.7 Å². The first-order valence-electron chi connectivity index (χ1n) is 5.77. The zero-order chi connectivity index (χ0) is 14.0. The normalized spacial score (nSPS) is 19.8. The lowest BCUT2D eigenvalue weighted by molar-refractivity contribution is -0.141. The summed E-state index contributed by atoms with van der Waals surface area (Å²) < 4.78 is 42.2. The van der Waals surface area contributed by atoms with Gasteiger partial charge in [-0.05, 0) is 18.6 Å². The summed E-state index contributed by atoms with van der Waals surface area (Å²) in [6, 6.07) is 1.97. The molecule has 19 heavy (non-hydrogen) atoms. The highest BCUT2D eigenvalue weighted by molar-refractivity contribution is 5.94. The van der Waals surface area contributed by atoms with E-state index in [1.54, 1.807) is 12.0 Å². The highest BCUT2D eigenvalue weighted by atomic mass is 19.4. The average molecular weight is 274 g/mol. The smallest absolute Gasteiger partial charge is 0.380 e. The maximum Gasteiger partial charge on any atom is 0.433 e. The van der Waals surface area contributed by atoms with E-state index >= 15 is 0 Å². The van der Waals surface area contributed by atoms with Crippen LogP contribution in [0.3, 0.4) is 0 Å². The molecule has 104 valence electrons. The zero-order valence-corrected chi connectivity index (χ0v) is 10.3. The minimum atomic E-state index is -4.49. The van der Waals surface area contributed by atoms with E-state index in [1.807, 2.05) is 0 Å². The van der Waals surface area contributed by atoms with Crippen molar-refractivity contribution in [2.24, 2.45) is 0 Å². The lowest BCUT2D eigenvalue weighted by Gasteiger charge is -2.16. The van der Waals surface area contributed by atoms with Crippen molar-refractivity contribution in [2.75, 3.05) is 20.2 Å². The van der Waals surface area contributed by atoms with Gasteiger partial charge >= 0.3 is 6.18 Å². The number of amides is 1. The van der Waals surface area contributed by atoms with Crippen LogP contribution in [0.2, 0.25) is 0 Å². The van der Waals surface area contributed by atoms with Gasteiger partial charge in [-0.25, -0.2) is 0 Å². The van der Waals surface area contributed by atoms with Crippen LogP contribution in [0.5, 0.6) is 0 Å². The number of hydrogen-bond donors (Lipinski definition) is 0. The van der Waals surface area contributed by atoms with Crippen LogP contribution in [0.4, 0.5) is 13.2 Å². The lowest BCUT2D eigenvalue weighted by atomic mass is 10.2. The van der Waals surface area contributed by atoms with Crippen molar-refractivity contribution in [1.82, 2.24) is 9.88 Å². The van der Waals surface area contributed by atoms with Crippen molar-refractivity contribution in [3.8, 4) is 0 Å². The molecule has 0 radical (unpaired) electrons. The number of methoxy groups -OCH3 is 1. The Kier molecular flexibility index (Phi) is 3.75. The largest absolute Gasteiger partial charge is 0.433 e. The molecule has 1 aromatic rings. The topological polar surface area (TPSA) is 42.4 Å². The summed E-state index contributed by atoms with van der Waals surface area (Å²) in [5, 5.41) is 0. The molecule has 1 aliphatic rings. The van der Waals surface area contributed by atoms with Gasteiger partial charge < -0.3 is 9.64 Å². The third-order valence-corrected chi connectivity index (χ3v) is 3.07. The highest BCUT2D eigenvalue weighted by Crippen LogP contribution is 2.27. The molecule has 2 rings (SSSR count). The van der Waals surface area contributed by atoms with E-state index in [4.69, 9.17) is 4.74 Å². The number of alkyl halides is 3. The van der Waals surface area contributed by atoms with Gasteiger partial charge in [-0.3, -0.25) is 9.78 Å². The molecule has 1 aliphatic heterocycles. The third-order valence-electron chi connectivity index (χ3n) is 3.07. The monoisotopic (exact) mass is 274 g/mol. The van der Waals surface area contributed by atoms with Crippen molar-refractivity contribution in [2.45, 2.75) is 18.7 Å². The van der Waals surface area contributed by atoms with Gasteiger partial charge in [0.25, 0.3) is 5.91 Å². The van der Waals surface area contributed by atoms with Crippen LogP contribution in [0, 0.1) is 0 Å². The first kappa shape index (κ1) is 13.8. The summed E-state index contributed by atoms with van der Waals surface area (Å²) in [7, 11) is 1.57. The van der Waals surface area contributed by atoms with Crippen molar-refractivity contribution in [1.29, 1.82) is 0 Å². The number of hydrogen-bond acceptors (Lipinski definition) is 3. The van der Waals surface area contributed by atoms with Gasteiger partial charge in [0, 0.05) is 26.4 Å². The molecular weight excluding hydrogens is 261 g/mol. The number of carbonyl (C=O) groups is 1. The Morgan fingerprint density at radius 3 is 2.68 bits per heavy atom. The molecule has 0 N–H and O–H groups in total. The minimum absolute atomic E-state index is 0.00800. The summed E-state index contributed by atoms with van der Waals surface area (Å²) >= 11 is 0. The molecule has 0 bridgehead atoms. The predicted molar refractivity (Wildman–Crippen MR) is 60.6 cm³/mol. The van der Waals surface area contributed by atoms with E-state index in [0.717, 1.165) is 24.8 Å². The van der Waals surface area contributed by atoms with Crippen molar-refractivity contribution in [3.63, 3.8) is 0 Å². The summed E-state index contributed by atoms with van der Waals surface area (Å²) in [5.41, 5.74) is -0.843. The molecule has 1 aromatic heterocycles. The Morgan fingerprint density at radius 1 is 1.47 bits per heavy atom. The number of nitrogens with zero attached hydrogens (tertiary/aromatic N) is 2. The molecule has 4 nitrogen and oxygen atoms in total. The summed E-state index contributed by atoms with van der Waals surface area (Å²) in [6.07, 6.45) is -2.80. The average Bonchev–Trinajstić information content (AvgIpc) is 2.86. The molecular formula is C12H13F3N2O2. The second-order valence-corrected chi connectivity index (χ2v) is 4.33. The van der Waals surface area contributed by atoms with Gasteiger partial charge in [0.15, 0.2) is 0 Å². The fraction of sp³-hybridized carbons (Fsp3) is 0.500. The third kappa shape index (κ3) is 3.04. The molecule has 0 unspecified atom stereocenters. The summed E-state index contributed by atoms with van der Waals surface area (Å²) in [4.78, 5) is 16.9. The molecule has 0 saturated carbocycles. The highest BCUT2D eigenvalue weighted by Gasteiger charge is 2.33. The van der Waals surface area contributed by atoms with Gasteiger partial charge in [0.1, 0.15) is 5.69 Å². The Morgan fingerprint density at radius 2 is 2.21 bits per heavy atom. The maximum absolute atomic E-state index is 12.3. The van der Waals surface area contributed by atoms with Crippen LogP contribution in [0.15, 0.2) is 18.3 Å². The second kappa shape index (κ2) is 5.16. The Balaban J connectivity index is 2.08. The van der Waals surface area contributed by atoms with Gasteiger partial charge in [-0.15, -0.1) is 0 Å². The fourth-order valence-corrected chi connectivity index (χ4v) is 1.98. The standard InChI is InChI=1S/C12H13F3N2O2/c1-19-9-4-5-17(7-9)11(18)8-2-3-10(16-6-8)12(13,14)15/h2-3,6,9H,4-5,7H2,1H3/t9-/m0/s1. The molecule has 1 fully saturated rings. The van der Waals surface area contributed by atoms with Crippen LogP contribution in [-0.2, 0) is 10.9 Å². The summed E-state index contributed by atoms with van der Waals surface area (Å²) in [6.45, 7) is 0.995. The molecule has 0 aromatic carbocycles. The number of carbonyl (C=O) groups excluding carboxylic acids is 1. The van der Waals surface area contributed by atoms with E-state index in [-0.39, 0.29) is 17.6 Å². The number of likely N-dealkylation sites (tertiary alicyclic amines) is 1. The molecule has 1 saturated heterocycles. The predicted octanol–water partition coefficient (Wildman–Crippen LogP) is 1.96. The maximum atomic E-state index is 12.3.